The van der Waals surface area contributed by atoms with Crippen molar-refractivity contribution in [3.8, 4) is 12.3 Å². The van der Waals surface area contributed by atoms with Crippen LogP contribution in [0, 0.1) is 18.3 Å². The van der Waals surface area contributed by atoms with Crippen molar-refractivity contribution in [3.05, 3.63) is 53.7 Å². The normalized spacial score (nSPS) is 18.4. The number of benzene rings is 1. The molecule has 0 spiro atoms. The van der Waals surface area contributed by atoms with Crippen molar-refractivity contribution in [2.45, 2.75) is 45.3 Å². The summed E-state index contributed by atoms with van der Waals surface area (Å²) >= 11 is 0. The van der Waals surface area contributed by atoms with Gasteiger partial charge in [0.2, 0.25) is 5.91 Å². The Hall–Kier alpha value is -3.04. The molecule has 0 saturated heterocycles. The number of aryl methyl sites for hydroxylation is 1. The van der Waals surface area contributed by atoms with Crippen LogP contribution in [0.2, 0.25) is 0 Å². The summed E-state index contributed by atoms with van der Waals surface area (Å²) in [5.74, 6) is 3.96. The molecule has 0 fully saturated rings. The van der Waals surface area contributed by atoms with Crippen molar-refractivity contribution in [3.63, 3.8) is 0 Å². The summed E-state index contributed by atoms with van der Waals surface area (Å²) in [6, 6.07) is 6.27. The van der Waals surface area contributed by atoms with Crippen LogP contribution in [0.5, 0.6) is 0 Å². The molecule has 6 nitrogen and oxygen atoms in total. The summed E-state index contributed by atoms with van der Waals surface area (Å²) in [5.41, 5.74) is 3.64. The highest BCUT2D eigenvalue weighted by atomic mass is 16.2. The third-order valence-corrected chi connectivity index (χ3v) is 5.84. The number of amides is 1. The van der Waals surface area contributed by atoms with Gasteiger partial charge in [0.25, 0.3) is 0 Å². The van der Waals surface area contributed by atoms with E-state index in [9.17, 15) is 4.79 Å². The fourth-order valence-corrected chi connectivity index (χ4v) is 4.45. The second kappa shape index (κ2) is 8.37. The topological polar surface area (TPSA) is 63.9 Å². The van der Waals surface area contributed by atoms with Crippen LogP contribution in [0.3, 0.4) is 0 Å². The van der Waals surface area contributed by atoms with Gasteiger partial charge in [0.05, 0.1) is 19.1 Å². The van der Waals surface area contributed by atoms with Crippen molar-refractivity contribution in [2.75, 3.05) is 6.54 Å². The Bertz CT molecular complexity index is 1100. The molecule has 1 aliphatic heterocycles. The van der Waals surface area contributed by atoms with Gasteiger partial charge in [0, 0.05) is 42.6 Å². The first-order chi connectivity index (χ1) is 14.5. The number of nitrogens with zero attached hydrogens (tertiary/aromatic N) is 3. The number of hydrogen-bond acceptors (Lipinski definition) is 3. The fourth-order valence-electron chi connectivity index (χ4n) is 4.45. The van der Waals surface area contributed by atoms with E-state index in [0.29, 0.717) is 18.9 Å². The van der Waals surface area contributed by atoms with E-state index >= 15 is 0 Å². The molecule has 3 heterocycles. The highest BCUT2D eigenvalue weighted by Crippen LogP contribution is 2.36. The van der Waals surface area contributed by atoms with Gasteiger partial charge < -0.3 is 14.5 Å². The molecule has 2 N–H and O–H groups in total. The van der Waals surface area contributed by atoms with E-state index in [1.807, 2.05) is 24.0 Å². The molecule has 2 atom stereocenters. The van der Waals surface area contributed by atoms with Crippen molar-refractivity contribution < 1.29 is 4.79 Å². The van der Waals surface area contributed by atoms with Crippen LogP contribution in [-0.2, 0) is 24.8 Å². The van der Waals surface area contributed by atoms with Gasteiger partial charge in [-0.2, -0.15) is 0 Å². The van der Waals surface area contributed by atoms with Crippen LogP contribution in [0.15, 0.2) is 36.8 Å². The van der Waals surface area contributed by atoms with Crippen LogP contribution in [-0.4, -0.2) is 32.6 Å². The molecule has 0 aliphatic carbocycles. The Morgan fingerprint density at radius 3 is 2.97 bits per heavy atom. The lowest BCUT2D eigenvalue weighted by atomic mass is 9.94. The van der Waals surface area contributed by atoms with E-state index in [-0.39, 0.29) is 24.5 Å². The number of aromatic nitrogens is 3. The summed E-state index contributed by atoms with van der Waals surface area (Å²) in [4.78, 5) is 17.3. The minimum absolute atomic E-state index is 0.0421. The van der Waals surface area contributed by atoms with E-state index in [4.69, 9.17) is 6.42 Å². The van der Waals surface area contributed by atoms with E-state index in [0.717, 1.165) is 12.2 Å². The summed E-state index contributed by atoms with van der Waals surface area (Å²) in [5, 5.41) is 7.73. The lowest BCUT2D eigenvalue weighted by molar-refractivity contribution is -0.123. The molecule has 6 heteroatoms. The fraction of sp³-hybridized carbons (Fsp3) is 0.417. The van der Waals surface area contributed by atoms with Crippen LogP contribution >= 0.6 is 0 Å². The van der Waals surface area contributed by atoms with E-state index in [1.54, 1.807) is 0 Å². The van der Waals surface area contributed by atoms with Gasteiger partial charge in [-0.25, -0.2) is 4.98 Å². The maximum absolute atomic E-state index is 12.8. The first kappa shape index (κ1) is 20.2. The molecule has 1 aromatic carbocycles. The van der Waals surface area contributed by atoms with Gasteiger partial charge in [-0.3, -0.25) is 10.1 Å². The van der Waals surface area contributed by atoms with Crippen molar-refractivity contribution in [1.29, 1.82) is 0 Å². The molecular formula is C24H29N5O. The average molecular weight is 404 g/mol. The molecule has 1 aliphatic rings. The lowest BCUT2D eigenvalue weighted by Gasteiger charge is -2.25. The van der Waals surface area contributed by atoms with Crippen molar-refractivity contribution in [2.24, 2.45) is 13.0 Å². The Labute approximate surface area is 177 Å². The quantitative estimate of drug-likeness (QED) is 0.622. The molecule has 2 aromatic heterocycles. The molecule has 3 aromatic rings. The largest absolute Gasteiger partial charge is 0.344 e. The third kappa shape index (κ3) is 3.86. The molecule has 1 amide bonds. The predicted molar refractivity (Wildman–Crippen MR) is 119 cm³/mol. The molecular weight excluding hydrogens is 374 g/mol. The molecule has 30 heavy (non-hydrogen) atoms. The predicted octanol–water partition coefficient (Wildman–Crippen LogP) is 2.77. The first-order valence-corrected chi connectivity index (χ1v) is 10.5. The average Bonchev–Trinajstić information content (AvgIpc) is 3.23. The monoisotopic (exact) mass is 403 g/mol. The number of imidazole rings is 1. The summed E-state index contributed by atoms with van der Waals surface area (Å²) in [6.45, 7) is 5.37. The van der Waals surface area contributed by atoms with Crippen LogP contribution in [0.1, 0.15) is 43.3 Å². The third-order valence-electron chi connectivity index (χ3n) is 5.84. The summed E-state index contributed by atoms with van der Waals surface area (Å²) in [6.07, 6.45) is 12.9. The van der Waals surface area contributed by atoms with Crippen LogP contribution in [0.4, 0.5) is 0 Å². The summed E-state index contributed by atoms with van der Waals surface area (Å²) in [7, 11) is 2.01. The Morgan fingerprint density at radius 1 is 1.43 bits per heavy atom. The van der Waals surface area contributed by atoms with Gasteiger partial charge in [-0.05, 0) is 36.0 Å². The molecule has 0 radical (unpaired) electrons. The van der Waals surface area contributed by atoms with E-state index in [2.05, 4.69) is 64.3 Å². The Balaban J connectivity index is 1.78. The van der Waals surface area contributed by atoms with Crippen LogP contribution in [0.25, 0.3) is 10.9 Å². The SMILES string of the molecule is C#CCNC(=O)[C@@H]1Cc2cn(Cc3nccn3C)c3cccc(c23)[C@H](CC(C)C)N1. The molecule has 0 bridgehead atoms. The minimum Gasteiger partial charge on any atom is -0.344 e. The highest BCUT2D eigenvalue weighted by molar-refractivity contribution is 5.90. The Kier molecular flexibility index (Phi) is 5.65. The van der Waals surface area contributed by atoms with Gasteiger partial charge in [-0.1, -0.05) is 31.9 Å². The molecule has 156 valence electrons. The zero-order valence-corrected chi connectivity index (χ0v) is 17.9. The van der Waals surface area contributed by atoms with Gasteiger partial charge in [0.1, 0.15) is 5.82 Å². The zero-order valence-electron chi connectivity index (χ0n) is 17.9. The molecule has 0 saturated carbocycles. The number of nitrogens with one attached hydrogen (secondary N) is 2. The second-order valence-corrected chi connectivity index (χ2v) is 8.51. The van der Waals surface area contributed by atoms with Gasteiger partial charge >= 0.3 is 0 Å². The molecule has 4 rings (SSSR count). The van der Waals surface area contributed by atoms with Gasteiger partial charge in [0.15, 0.2) is 0 Å². The van der Waals surface area contributed by atoms with Crippen molar-refractivity contribution >= 4 is 16.8 Å². The summed E-state index contributed by atoms with van der Waals surface area (Å²) < 4.78 is 4.30. The number of hydrogen-bond donors (Lipinski definition) is 2. The van der Waals surface area contributed by atoms with Crippen LogP contribution < -0.4 is 10.6 Å². The highest BCUT2D eigenvalue weighted by Gasteiger charge is 2.30. The smallest absolute Gasteiger partial charge is 0.238 e. The number of terminal acetylenes is 1. The first-order valence-electron chi connectivity index (χ1n) is 10.5. The van der Waals surface area contributed by atoms with E-state index < -0.39 is 0 Å². The standard InChI is InChI=1S/C24H29N5O/c1-5-9-26-24(30)20-13-17-14-29(15-22-25-10-11-28(22)4)21-8-6-7-18(23(17)21)19(27-20)12-16(2)3/h1,6-8,10-11,14,16,19-20,27H,9,12-13,15H2,2-4H3,(H,26,30)/t19-,20-/m0/s1. The maximum atomic E-state index is 12.8. The number of rotatable bonds is 6. The lowest BCUT2D eigenvalue weighted by Crippen LogP contribution is -2.46. The minimum atomic E-state index is -0.318. The van der Waals surface area contributed by atoms with Gasteiger partial charge in [-0.15, -0.1) is 6.42 Å². The maximum Gasteiger partial charge on any atom is 0.238 e. The Morgan fingerprint density at radius 2 is 2.27 bits per heavy atom. The van der Waals surface area contributed by atoms with Crippen molar-refractivity contribution in [1.82, 2.24) is 24.8 Å². The number of carbonyl (C=O) groups excluding carboxylic acids is 1. The molecule has 0 unspecified atom stereocenters. The number of carbonyl (C=O) groups is 1. The van der Waals surface area contributed by atoms with E-state index in [1.165, 1.54) is 22.0 Å². The second-order valence-electron chi connectivity index (χ2n) is 8.51. The zero-order chi connectivity index (χ0) is 21.3.